The maximum atomic E-state index is 9.81. The van der Waals surface area contributed by atoms with Gasteiger partial charge in [-0.25, -0.2) is 0 Å². The van der Waals surface area contributed by atoms with E-state index < -0.39 is 16.6 Å². The molecule has 0 aromatic carbocycles. The van der Waals surface area contributed by atoms with Gasteiger partial charge in [0, 0.05) is 0 Å². The Kier molecular flexibility index (Phi) is 139. The van der Waals surface area contributed by atoms with Gasteiger partial charge in [0.05, 0.1) is 0 Å². The second-order valence-electron chi connectivity index (χ2n) is 0.192. The first kappa shape index (κ1) is 41.4. The molecule has 4 nitrogen and oxygen atoms in total. The third-order valence-corrected chi connectivity index (χ3v) is 0. The number of hydrogen-bond donors (Lipinski definition) is 0. The summed E-state index contributed by atoms with van der Waals surface area (Å²) in [6.07, 6.45) is 0. The first-order valence-corrected chi connectivity index (χ1v) is 2.09. The van der Waals surface area contributed by atoms with Crippen LogP contribution in [0.15, 0.2) is 0 Å². The standard InChI is InChI=1S/3FH.4H2O.V/h3*1H;4*1H2;/q;;;;;;;+3/p-3. The van der Waals surface area contributed by atoms with Crippen LogP contribution in [0.4, 0.5) is 10.2 Å². The monoisotopic (exact) mass is 180 g/mol. The van der Waals surface area contributed by atoms with Gasteiger partial charge in [-0.3, -0.25) is 0 Å². The van der Waals surface area contributed by atoms with Crippen molar-refractivity contribution in [3.63, 3.8) is 0 Å². The Morgan fingerprint density at radius 3 is 0.625 bits per heavy atom. The molecule has 0 aliphatic rings. The molecule has 0 fully saturated rings. The molecule has 0 saturated carbocycles. The SMILES string of the molecule is O.O.O.O.[F][V]([F])[F]. The van der Waals surface area contributed by atoms with Crippen LogP contribution in [-0.2, 0) is 16.6 Å². The molecular formula is H8F3O4V. The van der Waals surface area contributed by atoms with Crippen molar-refractivity contribution < 1.29 is 48.7 Å². The van der Waals surface area contributed by atoms with Crippen LogP contribution < -0.4 is 0 Å². The van der Waals surface area contributed by atoms with Crippen molar-refractivity contribution in [1.82, 2.24) is 0 Å². The molecule has 0 aromatic heterocycles. The van der Waals surface area contributed by atoms with Gasteiger partial charge < -0.3 is 21.9 Å². The molecule has 0 aliphatic carbocycles. The van der Waals surface area contributed by atoms with E-state index in [4.69, 9.17) is 0 Å². The van der Waals surface area contributed by atoms with Crippen molar-refractivity contribution in [1.29, 1.82) is 0 Å². The van der Waals surface area contributed by atoms with Gasteiger partial charge in [-0.05, 0) is 0 Å². The second-order valence-corrected chi connectivity index (χ2v) is 0.790. The van der Waals surface area contributed by atoms with Gasteiger partial charge in [-0.1, -0.05) is 0 Å². The molecule has 0 bridgehead atoms. The first-order chi connectivity index (χ1) is 1.73. The van der Waals surface area contributed by atoms with E-state index >= 15 is 0 Å². The quantitative estimate of drug-likeness (QED) is 0.407. The summed E-state index contributed by atoms with van der Waals surface area (Å²) in [6, 6.07) is 0. The summed E-state index contributed by atoms with van der Waals surface area (Å²) in [7, 11) is 0. The summed E-state index contributed by atoms with van der Waals surface area (Å²) in [4.78, 5) is 0. The van der Waals surface area contributed by atoms with Gasteiger partial charge in [-0.2, -0.15) is 0 Å². The summed E-state index contributed by atoms with van der Waals surface area (Å²) < 4.78 is 29.4. The van der Waals surface area contributed by atoms with Gasteiger partial charge >= 0.3 is 26.8 Å². The molecule has 8 heteroatoms. The fourth-order valence-corrected chi connectivity index (χ4v) is 0. The van der Waals surface area contributed by atoms with E-state index in [1.165, 1.54) is 0 Å². The molecule has 8 N–H and O–H groups in total. The second kappa shape index (κ2) is 27.0. The van der Waals surface area contributed by atoms with Crippen molar-refractivity contribution in [2.45, 2.75) is 0 Å². The summed E-state index contributed by atoms with van der Waals surface area (Å²) in [5.74, 6) is 0. The fraction of sp³-hybridized carbons (Fsp3) is 0. The van der Waals surface area contributed by atoms with E-state index in [0.717, 1.165) is 0 Å². The van der Waals surface area contributed by atoms with E-state index in [-0.39, 0.29) is 21.9 Å². The zero-order valence-electron chi connectivity index (χ0n) is 3.58. The molecule has 0 aliphatic heterocycles. The number of rotatable bonds is 0. The zero-order valence-corrected chi connectivity index (χ0v) is 4.98. The molecule has 0 amide bonds. The molecule has 0 unspecified atom stereocenters. The number of hydrogen-bond acceptors (Lipinski definition) is 0. The Hall–Kier alpha value is 0.214. The Balaban J connectivity index is -0.00000000750. The van der Waals surface area contributed by atoms with E-state index in [9.17, 15) is 10.2 Å². The first-order valence-electron chi connectivity index (χ1n) is 0.507. The van der Waals surface area contributed by atoms with Gasteiger partial charge in [0.15, 0.2) is 0 Å². The molecule has 58 valence electrons. The van der Waals surface area contributed by atoms with Crippen LogP contribution in [0.1, 0.15) is 0 Å². The van der Waals surface area contributed by atoms with Crippen molar-refractivity contribution >= 4 is 0 Å². The predicted octanol–water partition coefficient (Wildman–Crippen LogP) is -2.04. The summed E-state index contributed by atoms with van der Waals surface area (Å²) in [5, 5.41) is 0. The van der Waals surface area contributed by atoms with Crippen LogP contribution in [-0.4, -0.2) is 21.9 Å². The Morgan fingerprint density at radius 1 is 0.625 bits per heavy atom. The Labute approximate surface area is 49.6 Å². The molecular weight excluding hydrogens is 172 g/mol. The van der Waals surface area contributed by atoms with E-state index in [2.05, 4.69) is 0 Å². The third kappa shape index (κ3) is 3680. The summed E-state index contributed by atoms with van der Waals surface area (Å²) >= 11 is -4.69. The third-order valence-electron chi connectivity index (χ3n) is 0. The van der Waals surface area contributed by atoms with Gasteiger partial charge in [-0.15, -0.1) is 0 Å². The van der Waals surface area contributed by atoms with Crippen molar-refractivity contribution in [3.8, 4) is 0 Å². The zero-order chi connectivity index (χ0) is 3.58. The van der Waals surface area contributed by atoms with Crippen LogP contribution in [0, 0.1) is 0 Å². The van der Waals surface area contributed by atoms with Crippen LogP contribution in [0.2, 0.25) is 0 Å². The molecule has 0 rings (SSSR count). The predicted molar refractivity (Wildman–Crippen MR) is 17.8 cm³/mol. The van der Waals surface area contributed by atoms with Crippen LogP contribution in [0.3, 0.4) is 0 Å². The molecule has 0 spiro atoms. The molecule has 0 radical (unpaired) electrons. The van der Waals surface area contributed by atoms with Crippen molar-refractivity contribution in [3.05, 3.63) is 0 Å². The van der Waals surface area contributed by atoms with Crippen molar-refractivity contribution in [2.24, 2.45) is 0 Å². The summed E-state index contributed by atoms with van der Waals surface area (Å²) in [6.45, 7) is 0. The maximum absolute atomic E-state index is 9.81. The Bertz CT molecular complexity index is 16.0. The molecule has 0 aromatic rings. The van der Waals surface area contributed by atoms with Gasteiger partial charge in [0.1, 0.15) is 0 Å². The molecule has 8 heavy (non-hydrogen) atoms. The van der Waals surface area contributed by atoms with Crippen molar-refractivity contribution in [2.75, 3.05) is 0 Å². The van der Waals surface area contributed by atoms with Gasteiger partial charge in [0.25, 0.3) is 0 Å². The minimum absolute atomic E-state index is 0. The van der Waals surface area contributed by atoms with Crippen LogP contribution in [0.25, 0.3) is 0 Å². The normalized spacial score (nSPS) is 4.50. The van der Waals surface area contributed by atoms with Gasteiger partial charge in [0.2, 0.25) is 0 Å². The van der Waals surface area contributed by atoms with E-state index in [1.54, 1.807) is 0 Å². The topological polar surface area (TPSA) is 126 Å². The van der Waals surface area contributed by atoms with E-state index in [0.29, 0.717) is 0 Å². The Morgan fingerprint density at radius 2 is 0.625 bits per heavy atom. The summed E-state index contributed by atoms with van der Waals surface area (Å²) in [5.41, 5.74) is 0. The number of halogens is 3. The average molecular weight is 180 g/mol. The molecule has 0 atom stereocenters. The van der Waals surface area contributed by atoms with E-state index in [1.807, 2.05) is 0 Å². The van der Waals surface area contributed by atoms with Crippen LogP contribution >= 0.6 is 0 Å². The fourth-order valence-electron chi connectivity index (χ4n) is 0. The molecule has 0 saturated heterocycles. The average Bonchev–Trinajstić information content (AvgIpc) is 0.811. The van der Waals surface area contributed by atoms with Crippen LogP contribution in [0.5, 0.6) is 0 Å². The minimum atomic E-state index is -4.69. The molecule has 0 heterocycles.